The van der Waals surface area contributed by atoms with Crippen LogP contribution in [0.3, 0.4) is 0 Å². The Morgan fingerprint density at radius 2 is 2.18 bits per heavy atom. The number of amides is 1. The molecule has 1 aliphatic rings. The molecule has 1 aromatic carbocycles. The average Bonchev–Trinajstić information content (AvgIpc) is 3.09. The topological polar surface area (TPSA) is 76.2 Å². The molecule has 1 amide bonds. The van der Waals surface area contributed by atoms with Gasteiger partial charge in [0.25, 0.3) is 5.91 Å². The van der Waals surface area contributed by atoms with Crippen molar-refractivity contribution in [1.82, 2.24) is 15.3 Å². The zero-order chi connectivity index (χ0) is 15.2. The van der Waals surface area contributed by atoms with Gasteiger partial charge in [-0.3, -0.25) is 4.79 Å². The van der Waals surface area contributed by atoms with E-state index < -0.39 is 0 Å². The maximum Gasteiger partial charge on any atom is 0.290 e. The van der Waals surface area contributed by atoms with Gasteiger partial charge in [0.2, 0.25) is 5.76 Å². The molecule has 0 unspecified atom stereocenters. The maximum absolute atomic E-state index is 12.3. The average molecular weight is 299 g/mol. The van der Waals surface area contributed by atoms with Crippen LogP contribution in [0.15, 0.2) is 54.7 Å². The number of carbonyl (C=O) groups excluding carboxylic acids is 1. The first-order chi connectivity index (χ1) is 10.8. The number of aromatic amines is 1. The molecule has 0 bridgehead atoms. The van der Waals surface area contributed by atoms with Crippen molar-refractivity contribution < 1.29 is 14.3 Å². The summed E-state index contributed by atoms with van der Waals surface area (Å²) in [6.45, 7) is 0.846. The van der Waals surface area contributed by atoms with Gasteiger partial charge in [-0.2, -0.15) is 0 Å². The zero-order valence-corrected chi connectivity index (χ0v) is 12.0. The van der Waals surface area contributed by atoms with Gasteiger partial charge in [0.05, 0.1) is 6.04 Å². The van der Waals surface area contributed by atoms with E-state index in [1.165, 1.54) is 6.26 Å². The molecule has 1 aliphatic heterocycles. The minimum Gasteiger partial charge on any atom is -0.494 e. The SMILES string of the molecule is O=C(N[C@@H](Cc1ncc[nH]1)c1ccccc1)C1=COCCO1. The predicted molar refractivity (Wildman–Crippen MR) is 79.6 cm³/mol. The number of hydrogen-bond donors (Lipinski definition) is 2. The fourth-order valence-corrected chi connectivity index (χ4v) is 2.26. The second kappa shape index (κ2) is 6.80. The Morgan fingerprint density at radius 3 is 2.86 bits per heavy atom. The number of benzene rings is 1. The van der Waals surface area contributed by atoms with Crippen molar-refractivity contribution in [3.8, 4) is 0 Å². The molecule has 6 nitrogen and oxygen atoms in total. The van der Waals surface area contributed by atoms with E-state index in [9.17, 15) is 4.79 Å². The second-order valence-electron chi connectivity index (χ2n) is 4.88. The van der Waals surface area contributed by atoms with Gasteiger partial charge in [0, 0.05) is 18.8 Å². The number of nitrogens with zero attached hydrogens (tertiary/aromatic N) is 1. The van der Waals surface area contributed by atoms with Gasteiger partial charge >= 0.3 is 0 Å². The molecule has 2 N–H and O–H groups in total. The van der Waals surface area contributed by atoms with Gasteiger partial charge in [-0.15, -0.1) is 0 Å². The van der Waals surface area contributed by atoms with Gasteiger partial charge in [-0.25, -0.2) is 4.98 Å². The Hall–Kier alpha value is -2.76. The van der Waals surface area contributed by atoms with Crippen LogP contribution in [0.2, 0.25) is 0 Å². The van der Waals surface area contributed by atoms with Crippen molar-refractivity contribution in [2.45, 2.75) is 12.5 Å². The summed E-state index contributed by atoms with van der Waals surface area (Å²) in [5, 5.41) is 2.97. The van der Waals surface area contributed by atoms with Crippen molar-refractivity contribution in [1.29, 1.82) is 0 Å². The van der Waals surface area contributed by atoms with Crippen LogP contribution in [0.5, 0.6) is 0 Å². The number of carbonyl (C=O) groups is 1. The molecule has 114 valence electrons. The number of rotatable bonds is 5. The summed E-state index contributed by atoms with van der Waals surface area (Å²) in [6.07, 6.45) is 5.38. The molecule has 3 rings (SSSR count). The highest BCUT2D eigenvalue weighted by Gasteiger charge is 2.21. The molecule has 0 spiro atoms. The highest BCUT2D eigenvalue weighted by Crippen LogP contribution is 2.18. The first-order valence-corrected chi connectivity index (χ1v) is 7.11. The van der Waals surface area contributed by atoms with Crippen LogP contribution < -0.4 is 5.32 Å². The summed E-state index contributed by atoms with van der Waals surface area (Å²) < 4.78 is 10.4. The highest BCUT2D eigenvalue weighted by atomic mass is 16.6. The van der Waals surface area contributed by atoms with E-state index in [0.717, 1.165) is 11.4 Å². The van der Waals surface area contributed by atoms with Gasteiger partial charge in [-0.1, -0.05) is 30.3 Å². The smallest absolute Gasteiger partial charge is 0.290 e. The van der Waals surface area contributed by atoms with E-state index in [0.29, 0.717) is 19.6 Å². The lowest BCUT2D eigenvalue weighted by Crippen LogP contribution is -2.33. The molecular weight excluding hydrogens is 282 g/mol. The number of hydrogen-bond acceptors (Lipinski definition) is 4. The summed E-state index contributed by atoms with van der Waals surface area (Å²) in [7, 11) is 0. The molecule has 6 heteroatoms. The van der Waals surface area contributed by atoms with E-state index in [2.05, 4.69) is 15.3 Å². The van der Waals surface area contributed by atoms with Crippen molar-refractivity contribution in [2.75, 3.05) is 13.2 Å². The third-order valence-electron chi connectivity index (χ3n) is 3.33. The molecule has 1 aromatic heterocycles. The largest absolute Gasteiger partial charge is 0.494 e. The Bertz CT molecular complexity index is 638. The Kier molecular flexibility index (Phi) is 4.38. The van der Waals surface area contributed by atoms with E-state index in [4.69, 9.17) is 9.47 Å². The normalized spacial score (nSPS) is 15.2. The quantitative estimate of drug-likeness (QED) is 0.881. The Morgan fingerprint density at radius 1 is 1.32 bits per heavy atom. The Labute approximate surface area is 128 Å². The third-order valence-corrected chi connectivity index (χ3v) is 3.33. The van der Waals surface area contributed by atoms with Gasteiger partial charge in [0.15, 0.2) is 0 Å². The first kappa shape index (κ1) is 14.2. The van der Waals surface area contributed by atoms with Crippen molar-refractivity contribution in [2.24, 2.45) is 0 Å². The van der Waals surface area contributed by atoms with Crippen molar-refractivity contribution in [3.63, 3.8) is 0 Å². The number of H-pyrrole nitrogens is 1. The van der Waals surface area contributed by atoms with Crippen molar-refractivity contribution in [3.05, 3.63) is 66.1 Å². The molecular formula is C16H17N3O3. The summed E-state index contributed by atoms with van der Waals surface area (Å²) in [5.41, 5.74) is 1.00. The second-order valence-corrected chi connectivity index (χ2v) is 4.88. The molecule has 0 saturated carbocycles. The minimum absolute atomic E-state index is 0.201. The Balaban J connectivity index is 1.76. The molecule has 0 aliphatic carbocycles. The van der Waals surface area contributed by atoms with Crippen LogP contribution in [-0.2, 0) is 20.7 Å². The fraction of sp³-hybridized carbons (Fsp3) is 0.250. The fourth-order valence-electron chi connectivity index (χ4n) is 2.26. The summed E-state index contributed by atoms with van der Waals surface area (Å²) in [6, 6.07) is 9.56. The third kappa shape index (κ3) is 3.46. The van der Waals surface area contributed by atoms with Crippen LogP contribution in [0.4, 0.5) is 0 Å². The molecule has 0 fully saturated rings. The summed E-state index contributed by atoms with van der Waals surface area (Å²) in [4.78, 5) is 19.6. The monoisotopic (exact) mass is 299 g/mol. The van der Waals surface area contributed by atoms with Gasteiger partial charge < -0.3 is 19.8 Å². The van der Waals surface area contributed by atoms with Crippen LogP contribution >= 0.6 is 0 Å². The van der Waals surface area contributed by atoms with Crippen LogP contribution in [-0.4, -0.2) is 29.1 Å². The number of nitrogens with one attached hydrogen (secondary N) is 2. The molecule has 2 aromatic rings. The van der Waals surface area contributed by atoms with E-state index in [-0.39, 0.29) is 17.7 Å². The maximum atomic E-state index is 12.3. The van der Waals surface area contributed by atoms with Crippen LogP contribution in [0.1, 0.15) is 17.4 Å². The van der Waals surface area contributed by atoms with Crippen molar-refractivity contribution >= 4 is 5.91 Å². The van der Waals surface area contributed by atoms with E-state index in [1.807, 2.05) is 30.3 Å². The first-order valence-electron chi connectivity index (χ1n) is 7.11. The zero-order valence-electron chi connectivity index (χ0n) is 12.0. The molecule has 22 heavy (non-hydrogen) atoms. The number of imidazole rings is 1. The van der Waals surface area contributed by atoms with Gasteiger partial charge in [-0.05, 0) is 5.56 Å². The molecule has 0 saturated heterocycles. The molecule has 0 radical (unpaired) electrons. The highest BCUT2D eigenvalue weighted by molar-refractivity contribution is 5.91. The van der Waals surface area contributed by atoms with Crippen LogP contribution in [0, 0.1) is 0 Å². The number of aromatic nitrogens is 2. The lowest BCUT2D eigenvalue weighted by Gasteiger charge is -2.21. The lowest BCUT2D eigenvalue weighted by molar-refractivity contribution is -0.123. The summed E-state index contributed by atoms with van der Waals surface area (Å²) in [5.74, 6) is 0.718. The molecule has 1 atom stereocenters. The van der Waals surface area contributed by atoms with E-state index in [1.54, 1.807) is 12.4 Å². The van der Waals surface area contributed by atoms with E-state index >= 15 is 0 Å². The molecule has 2 heterocycles. The predicted octanol–water partition coefficient (Wildman–Crippen LogP) is 1.70. The van der Waals surface area contributed by atoms with Crippen LogP contribution in [0.25, 0.3) is 0 Å². The lowest BCUT2D eigenvalue weighted by atomic mass is 10.0. The van der Waals surface area contributed by atoms with Gasteiger partial charge in [0.1, 0.15) is 25.3 Å². The summed E-state index contributed by atoms with van der Waals surface area (Å²) >= 11 is 0. The minimum atomic E-state index is -0.292. The number of ether oxygens (including phenoxy) is 2. The standard InChI is InChI=1S/C16H17N3O3/c20-16(14-11-21-8-9-22-14)19-13(10-15-17-6-7-18-15)12-4-2-1-3-5-12/h1-7,11,13H,8-10H2,(H,17,18)(H,19,20)/t13-/m0/s1.